The fourth-order valence-corrected chi connectivity index (χ4v) is 0.869. The standard InChI is InChI=1S/C7H12N4O2/c1-5(7(12)13-2)11-4-9-6(3-8)10-11/h4-5H,3,8H2,1-2H3. The fourth-order valence-electron chi connectivity index (χ4n) is 0.869. The Hall–Kier alpha value is -1.43. The van der Waals surface area contributed by atoms with Crippen molar-refractivity contribution in [1.29, 1.82) is 0 Å². The minimum absolute atomic E-state index is 0.265. The largest absolute Gasteiger partial charge is 0.467 e. The maximum Gasteiger partial charge on any atom is 0.330 e. The van der Waals surface area contributed by atoms with Gasteiger partial charge in [0.2, 0.25) is 0 Å². The van der Waals surface area contributed by atoms with E-state index in [9.17, 15) is 4.79 Å². The van der Waals surface area contributed by atoms with Crippen LogP contribution >= 0.6 is 0 Å². The molecule has 72 valence electrons. The van der Waals surface area contributed by atoms with Gasteiger partial charge in [-0.2, -0.15) is 5.10 Å². The summed E-state index contributed by atoms with van der Waals surface area (Å²) in [5.41, 5.74) is 5.32. The van der Waals surface area contributed by atoms with Crippen LogP contribution < -0.4 is 5.73 Å². The van der Waals surface area contributed by atoms with Gasteiger partial charge in [0.25, 0.3) is 0 Å². The number of aromatic nitrogens is 3. The van der Waals surface area contributed by atoms with Crippen molar-refractivity contribution in [2.45, 2.75) is 19.5 Å². The highest BCUT2D eigenvalue weighted by Crippen LogP contribution is 2.04. The smallest absolute Gasteiger partial charge is 0.330 e. The van der Waals surface area contributed by atoms with Gasteiger partial charge in [-0.1, -0.05) is 0 Å². The molecule has 1 atom stereocenters. The van der Waals surface area contributed by atoms with Crippen LogP contribution in [0.25, 0.3) is 0 Å². The second-order valence-electron chi connectivity index (χ2n) is 2.54. The summed E-state index contributed by atoms with van der Waals surface area (Å²) in [7, 11) is 1.33. The van der Waals surface area contributed by atoms with Gasteiger partial charge in [-0.25, -0.2) is 14.5 Å². The van der Waals surface area contributed by atoms with E-state index in [1.807, 2.05) is 0 Å². The van der Waals surface area contributed by atoms with Gasteiger partial charge >= 0.3 is 5.97 Å². The van der Waals surface area contributed by atoms with Gasteiger partial charge in [0.15, 0.2) is 5.82 Å². The van der Waals surface area contributed by atoms with Gasteiger partial charge in [-0.3, -0.25) is 0 Å². The van der Waals surface area contributed by atoms with E-state index in [4.69, 9.17) is 5.73 Å². The monoisotopic (exact) mass is 184 g/mol. The topological polar surface area (TPSA) is 83.0 Å². The third-order valence-corrected chi connectivity index (χ3v) is 1.68. The van der Waals surface area contributed by atoms with Crippen molar-refractivity contribution < 1.29 is 9.53 Å². The van der Waals surface area contributed by atoms with Crippen molar-refractivity contribution in [2.75, 3.05) is 7.11 Å². The van der Waals surface area contributed by atoms with Crippen LogP contribution in [0, 0.1) is 0 Å². The van der Waals surface area contributed by atoms with Gasteiger partial charge in [-0.15, -0.1) is 0 Å². The maximum absolute atomic E-state index is 11.1. The van der Waals surface area contributed by atoms with Crippen molar-refractivity contribution >= 4 is 5.97 Å². The lowest BCUT2D eigenvalue weighted by Crippen LogP contribution is -2.18. The van der Waals surface area contributed by atoms with Crippen LogP contribution in [-0.4, -0.2) is 27.8 Å². The number of rotatable bonds is 3. The molecule has 0 radical (unpaired) electrons. The van der Waals surface area contributed by atoms with Crippen molar-refractivity contribution in [1.82, 2.24) is 14.8 Å². The zero-order chi connectivity index (χ0) is 9.84. The Balaban J connectivity index is 2.76. The molecule has 0 aliphatic heterocycles. The summed E-state index contributed by atoms with van der Waals surface area (Å²) >= 11 is 0. The van der Waals surface area contributed by atoms with E-state index in [2.05, 4.69) is 14.8 Å². The molecule has 1 rings (SSSR count). The highest BCUT2D eigenvalue weighted by Gasteiger charge is 2.16. The lowest BCUT2D eigenvalue weighted by Gasteiger charge is -2.07. The van der Waals surface area contributed by atoms with Crippen LogP contribution in [0.5, 0.6) is 0 Å². The zero-order valence-electron chi connectivity index (χ0n) is 7.60. The van der Waals surface area contributed by atoms with Gasteiger partial charge in [0.1, 0.15) is 12.4 Å². The molecule has 1 unspecified atom stereocenters. The normalized spacial score (nSPS) is 12.5. The molecular weight excluding hydrogens is 172 g/mol. The molecule has 1 aromatic heterocycles. The lowest BCUT2D eigenvalue weighted by atomic mass is 10.4. The van der Waals surface area contributed by atoms with Gasteiger partial charge in [0.05, 0.1) is 13.7 Å². The Morgan fingerprint density at radius 3 is 3.00 bits per heavy atom. The molecular formula is C7H12N4O2. The van der Waals surface area contributed by atoms with Crippen LogP contribution in [0.2, 0.25) is 0 Å². The third kappa shape index (κ3) is 2.03. The van der Waals surface area contributed by atoms with E-state index >= 15 is 0 Å². The molecule has 13 heavy (non-hydrogen) atoms. The number of nitrogens with zero attached hydrogens (tertiary/aromatic N) is 3. The van der Waals surface area contributed by atoms with Crippen LogP contribution in [0.1, 0.15) is 18.8 Å². The number of methoxy groups -OCH3 is 1. The molecule has 1 heterocycles. The average Bonchev–Trinajstić information content (AvgIpc) is 2.63. The summed E-state index contributed by atoms with van der Waals surface area (Å²) < 4.78 is 5.98. The second-order valence-corrected chi connectivity index (χ2v) is 2.54. The number of carbonyl (C=O) groups is 1. The molecule has 0 saturated carbocycles. The predicted octanol–water partition coefficient (Wildman–Crippen LogP) is -0.529. The molecule has 2 N–H and O–H groups in total. The van der Waals surface area contributed by atoms with Crippen molar-refractivity contribution in [2.24, 2.45) is 5.73 Å². The Morgan fingerprint density at radius 1 is 1.85 bits per heavy atom. The predicted molar refractivity (Wildman–Crippen MR) is 44.6 cm³/mol. The van der Waals surface area contributed by atoms with Gasteiger partial charge < -0.3 is 10.5 Å². The van der Waals surface area contributed by atoms with E-state index in [0.29, 0.717) is 5.82 Å². The molecule has 0 amide bonds. The first-order chi connectivity index (χ1) is 6.19. The van der Waals surface area contributed by atoms with E-state index in [1.165, 1.54) is 18.1 Å². The van der Waals surface area contributed by atoms with Crippen LogP contribution in [0.15, 0.2) is 6.33 Å². The molecule has 6 heteroatoms. The van der Waals surface area contributed by atoms with E-state index in [-0.39, 0.29) is 12.5 Å². The van der Waals surface area contributed by atoms with Gasteiger partial charge in [0, 0.05) is 0 Å². The maximum atomic E-state index is 11.1. The van der Waals surface area contributed by atoms with E-state index < -0.39 is 6.04 Å². The summed E-state index contributed by atoms with van der Waals surface area (Å²) in [6.07, 6.45) is 1.46. The first-order valence-electron chi connectivity index (χ1n) is 3.87. The van der Waals surface area contributed by atoms with Crippen molar-refractivity contribution in [3.63, 3.8) is 0 Å². The molecule has 0 aromatic carbocycles. The number of hydrogen-bond donors (Lipinski definition) is 1. The highest BCUT2D eigenvalue weighted by molar-refractivity contribution is 5.73. The van der Waals surface area contributed by atoms with Crippen LogP contribution in [0.3, 0.4) is 0 Å². The minimum atomic E-state index is -0.460. The molecule has 0 saturated heterocycles. The molecule has 6 nitrogen and oxygen atoms in total. The van der Waals surface area contributed by atoms with E-state index in [0.717, 1.165) is 0 Å². The summed E-state index contributed by atoms with van der Waals surface area (Å²) in [5, 5.41) is 3.98. The summed E-state index contributed by atoms with van der Waals surface area (Å²) in [4.78, 5) is 15.0. The summed E-state index contributed by atoms with van der Waals surface area (Å²) in [6, 6.07) is -0.460. The summed E-state index contributed by atoms with van der Waals surface area (Å²) in [5.74, 6) is 0.157. The molecule has 0 aliphatic rings. The Bertz CT molecular complexity index is 296. The zero-order valence-corrected chi connectivity index (χ0v) is 7.60. The number of carbonyl (C=O) groups excluding carboxylic acids is 1. The third-order valence-electron chi connectivity index (χ3n) is 1.68. The molecule has 0 aliphatic carbocycles. The molecule has 0 bridgehead atoms. The fraction of sp³-hybridized carbons (Fsp3) is 0.571. The average molecular weight is 184 g/mol. The Kier molecular flexibility index (Phi) is 2.97. The number of esters is 1. The molecule has 0 fully saturated rings. The second kappa shape index (κ2) is 3.99. The number of ether oxygens (including phenoxy) is 1. The summed E-state index contributed by atoms with van der Waals surface area (Å²) in [6.45, 7) is 1.95. The minimum Gasteiger partial charge on any atom is -0.467 e. The SMILES string of the molecule is COC(=O)C(C)n1cnc(CN)n1. The van der Waals surface area contributed by atoms with E-state index in [1.54, 1.807) is 6.92 Å². The quantitative estimate of drug-likeness (QED) is 0.638. The van der Waals surface area contributed by atoms with Crippen molar-refractivity contribution in [3.05, 3.63) is 12.2 Å². The molecule has 1 aromatic rings. The van der Waals surface area contributed by atoms with Crippen LogP contribution in [0.4, 0.5) is 0 Å². The lowest BCUT2D eigenvalue weighted by molar-refractivity contribution is -0.144. The first-order valence-corrected chi connectivity index (χ1v) is 3.87. The Labute approximate surface area is 75.7 Å². The van der Waals surface area contributed by atoms with Crippen molar-refractivity contribution in [3.8, 4) is 0 Å². The number of nitrogens with two attached hydrogens (primary N) is 1. The number of hydrogen-bond acceptors (Lipinski definition) is 5. The first kappa shape index (κ1) is 9.66. The highest BCUT2D eigenvalue weighted by atomic mass is 16.5. The van der Waals surface area contributed by atoms with Gasteiger partial charge in [-0.05, 0) is 6.92 Å². The Morgan fingerprint density at radius 2 is 2.54 bits per heavy atom. The molecule has 0 spiro atoms. The van der Waals surface area contributed by atoms with Crippen LogP contribution in [-0.2, 0) is 16.1 Å².